The number of nitrogens with one attached hydrogen (secondary N) is 1. The summed E-state index contributed by atoms with van der Waals surface area (Å²) in [5.74, 6) is 0.771. The van der Waals surface area contributed by atoms with Crippen molar-refractivity contribution in [2.75, 3.05) is 6.54 Å². The Morgan fingerprint density at radius 1 is 1.57 bits per heavy atom. The predicted octanol–water partition coefficient (Wildman–Crippen LogP) is 3.17. The topological polar surface area (TPSA) is 12.0 Å². The summed E-state index contributed by atoms with van der Waals surface area (Å²) < 4.78 is 0. The first kappa shape index (κ1) is 10.2. The van der Waals surface area contributed by atoms with Gasteiger partial charge in [0.1, 0.15) is 0 Å². The molecule has 78 valence electrons. The van der Waals surface area contributed by atoms with Crippen LogP contribution >= 0.6 is 11.3 Å². The third-order valence-corrected chi connectivity index (χ3v) is 3.95. The maximum absolute atomic E-state index is 3.55. The quantitative estimate of drug-likeness (QED) is 0.806. The predicted molar refractivity (Wildman–Crippen MR) is 63.1 cm³/mol. The first-order valence-corrected chi connectivity index (χ1v) is 6.45. The van der Waals surface area contributed by atoms with Crippen molar-refractivity contribution in [3.63, 3.8) is 0 Å². The number of rotatable bonds is 3. The minimum Gasteiger partial charge on any atom is -0.314 e. The van der Waals surface area contributed by atoms with Crippen molar-refractivity contribution in [1.82, 2.24) is 5.32 Å². The molecule has 1 aromatic heterocycles. The molecule has 0 fully saturated rings. The van der Waals surface area contributed by atoms with E-state index in [0.29, 0.717) is 6.04 Å². The van der Waals surface area contributed by atoms with Crippen molar-refractivity contribution in [1.29, 1.82) is 0 Å². The molecule has 0 aromatic carbocycles. The molecule has 2 heteroatoms. The van der Waals surface area contributed by atoms with Crippen molar-refractivity contribution in [2.24, 2.45) is 0 Å². The normalized spacial score (nSPS) is 21.2. The van der Waals surface area contributed by atoms with Gasteiger partial charge < -0.3 is 5.32 Å². The molecule has 0 saturated carbocycles. The van der Waals surface area contributed by atoms with Gasteiger partial charge in [0, 0.05) is 17.5 Å². The van der Waals surface area contributed by atoms with Crippen molar-refractivity contribution in [3.05, 3.63) is 21.9 Å². The largest absolute Gasteiger partial charge is 0.314 e. The molecule has 0 aliphatic heterocycles. The summed E-state index contributed by atoms with van der Waals surface area (Å²) in [7, 11) is 0. The second kappa shape index (κ2) is 4.45. The lowest BCUT2D eigenvalue weighted by Gasteiger charge is -2.23. The fraction of sp³-hybridized carbons (Fsp3) is 0.667. The molecule has 0 bridgehead atoms. The van der Waals surface area contributed by atoms with Crippen LogP contribution in [0, 0.1) is 0 Å². The summed E-state index contributed by atoms with van der Waals surface area (Å²) >= 11 is 1.94. The molecular formula is C12H19NS. The summed E-state index contributed by atoms with van der Waals surface area (Å²) in [6.45, 7) is 5.59. The summed E-state index contributed by atoms with van der Waals surface area (Å²) in [4.78, 5) is 1.63. The number of aryl methyl sites for hydroxylation is 1. The van der Waals surface area contributed by atoms with E-state index in [9.17, 15) is 0 Å². The standard InChI is InChI=1S/C12H19NS/c1-9(2)13-8-10-4-3-5-12-11(10)6-7-14-12/h6-7,9-10,13H,3-5,8H2,1-2H3. The van der Waals surface area contributed by atoms with Gasteiger partial charge in [-0.05, 0) is 42.2 Å². The Bertz CT molecular complexity index is 290. The minimum atomic E-state index is 0.610. The van der Waals surface area contributed by atoms with Crippen molar-refractivity contribution < 1.29 is 0 Å². The number of thiophene rings is 1. The van der Waals surface area contributed by atoms with Crippen LogP contribution in [0.5, 0.6) is 0 Å². The van der Waals surface area contributed by atoms with Crippen molar-refractivity contribution in [2.45, 2.75) is 45.1 Å². The SMILES string of the molecule is CC(C)NCC1CCCc2sccc21. The summed E-state index contributed by atoms with van der Waals surface area (Å²) in [5.41, 5.74) is 1.62. The molecule has 14 heavy (non-hydrogen) atoms. The summed E-state index contributed by atoms with van der Waals surface area (Å²) in [5, 5.41) is 5.80. The van der Waals surface area contributed by atoms with E-state index < -0.39 is 0 Å². The van der Waals surface area contributed by atoms with E-state index in [1.54, 1.807) is 10.4 Å². The highest BCUT2D eigenvalue weighted by molar-refractivity contribution is 7.10. The first-order valence-electron chi connectivity index (χ1n) is 5.57. The van der Waals surface area contributed by atoms with E-state index in [1.807, 2.05) is 11.3 Å². The molecule has 1 aliphatic rings. The maximum Gasteiger partial charge on any atom is 0.00805 e. The third-order valence-electron chi connectivity index (χ3n) is 2.95. The van der Waals surface area contributed by atoms with Crippen molar-refractivity contribution in [3.8, 4) is 0 Å². The highest BCUT2D eigenvalue weighted by Gasteiger charge is 2.20. The molecule has 0 saturated heterocycles. The fourth-order valence-corrected chi connectivity index (χ4v) is 3.18. The molecule has 2 rings (SSSR count). The molecule has 1 N–H and O–H groups in total. The Labute approximate surface area is 90.5 Å². The van der Waals surface area contributed by atoms with E-state index in [0.717, 1.165) is 12.5 Å². The van der Waals surface area contributed by atoms with Gasteiger partial charge >= 0.3 is 0 Å². The van der Waals surface area contributed by atoms with Crippen LogP contribution in [0.1, 0.15) is 43.0 Å². The van der Waals surface area contributed by atoms with Gasteiger partial charge in [0.15, 0.2) is 0 Å². The van der Waals surface area contributed by atoms with E-state index in [4.69, 9.17) is 0 Å². The molecule has 0 spiro atoms. The molecule has 1 heterocycles. The maximum atomic E-state index is 3.55. The van der Waals surface area contributed by atoms with Crippen LogP contribution in [0.3, 0.4) is 0 Å². The molecule has 1 aliphatic carbocycles. The lowest BCUT2D eigenvalue weighted by molar-refractivity contribution is 0.482. The number of hydrogen-bond acceptors (Lipinski definition) is 2. The molecular weight excluding hydrogens is 190 g/mol. The lowest BCUT2D eigenvalue weighted by atomic mass is 9.87. The van der Waals surface area contributed by atoms with Crippen LogP contribution in [0.25, 0.3) is 0 Å². The van der Waals surface area contributed by atoms with Gasteiger partial charge in [-0.2, -0.15) is 0 Å². The van der Waals surface area contributed by atoms with E-state index in [2.05, 4.69) is 30.6 Å². The summed E-state index contributed by atoms with van der Waals surface area (Å²) in [6.07, 6.45) is 4.05. The highest BCUT2D eigenvalue weighted by atomic mass is 32.1. The second-order valence-electron chi connectivity index (χ2n) is 4.45. The molecule has 1 unspecified atom stereocenters. The van der Waals surface area contributed by atoms with E-state index >= 15 is 0 Å². The van der Waals surface area contributed by atoms with E-state index in [-0.39, 0.29) is 0 Å². The highest BCUT2D eigenvalue weighted by Crippen LogP contribution is 2.34. The molecule has 1 atom stereocenters. The number of hydrogen-bond donors (Lipinski definition) is 1. The first-order chi connectivity index (χ1) is 6.77. The Morgan fingerprint density at radius 3 is 3.21 bits per heavy atom. The number of fused-ring (bicyclic) bond motifs is 1. The Balaban J connectivity index is 2.01. The zero-order valence-electron chi connectivity index (χ0n) is 9.05. The Morgan fingerprint density at radius 2 is 2.43 bits per heavy atom. The van der Waals surface area contributed by atoms with Gasteiger partial charge in [-0.3, -0.25) is 0 Å². The van der Waals surface area contributed by atoms with Crippen LogP contribution in [-0.2, 0) is 6.42 Å². The zero-order chi connectivity index (χ0) is 9.97. The zero-order valence-corrected chi connectivity index (χ0v) is 9.86. The third kappa shape index (κ3) is 2.18. The van der Waals surface area contributed by atoms with Gasteiger partial charge in [0.05, 0.1) is 0 Å². The van der Waals surface area contributed by atoms with Crippen LogP contribution in [0.15, 0.2) is 11.4 Å². The van der Waals surface area contributed by atoms with Crippen LogP contribution in [-0.4, -0.2) is 12.6 Å². The second-order valence-corrected chi connectivity index (χ2v) is 5.45. The van der Waals surface area contributed by atoms with E-state index in [1.165, 1.54) is 19.3 Å². The molecule has 1 nitrogen and oxygen atoms in total. The average molecular weight is 209 g/mol. The molecule has 0 amide bonds. The smallest absolute Gasteiger partial charge is 0.00805 e. The lowest BCUT2D eigenvalue weighted by Crippen LogP contribution is -2.29. The Hall–Kier alpha value is -0.340. The van der Waals surface area contributed by atoms with Crippen LogP contribution in [0.2, 0.25) is 0 Å². The van der Waals surface area contributed by atoms with Gasteiger partial charge in [-0.25, -0.2) is 0 Å². The minimum absolute atomic E-state index is 0.610. The van der Waals surface area contributed by atoms with Gasteiger partial charge in [0.25, 0.3) is 0 Å². The molecule has 0 radical (unpaired) electrons. The van der Waals surface area contributed by atoms with Crippen LogP contribution < -0.4 is 5.32 Å². The van der Waals surface area contributed by atoms with Crippen LogP contribution in [0.4, 0.5) is 0 Å². The monoisotopic (exact) mass is 209 g/mol. The fourth-order valence-electron chi connectivity index (χ4n) is 2.17. The van der Waals surface area contributed by atoms with Crippen molar-refractivity contribution >= 4 is 11.3 Å². The van der Waals surface area contributed by atoms with Gasteiger partial charge in [-0.1, -0.05) is 13.8 Å². The van der Waals surface area contributed by atoms with Gasteiger partial charge in [0.2, 0.25) is 0 Å². The van der Waals surface area contributed by atoms with Gasteiger partial charge in [-0.15, -0.1) is 11.3 Å². The molecule has 1 aromatic rings. The average Bonchev–Trinajstić information content (AvgIpc) is 2.62. The summed E-state index contributed by atoms with van der Waals surface area (Å²) in [6, 6.07) is 2.94. The Kier molecular flexibility index (Phi) is 3.24.